The number of nitrogens with two attached hydrogens (primary N) is 1. The minimum absolute atomic E-state index is 0.239. The van der Waals surface area contributed by atoms with E-state index in [2.05, 4.69) is 6.58 Å². The molecular formula is C17H19N3O4S. The van der Waals surface area contributed by atoms with Gasteiger partial charge in [0.1, 0.15) is 17.5 Å². The third-order valence-electron chi connectivity index (χ3n) is 4.64. The van der Waals surface area contributed by atoms with E-state index in [0.29, 0.717) is 5.69 Å². The minimum Gasteiger partial charge on any atom is -0.480 e. The molecule has 0 spiro atoms. The summed E-state index contributed by atoms with van der Waals surface area (Å²) < 4.78 is -0.824. The first-order valence-corrected chi connectivity index (χ1v) is 8.67. The zero-order valence-corrected chi connectivity index (χ0v) is 14.5. The standard InChI is InChI=1S/C17H19N3O4S/c1-3-17(2)13(16(23)24)20-14(22)12(15(20)25-17)19(11(21)9-18)10-7-5-4-6-8-10/h3-8,12-13,15H,1,9,18H2,2H3,(H,23,24)/t12-,13?,15+,17?/m1/s1. The molecule has 2 saturated heterocycles. The summed E-state index contributed by atoms with van der Waals surface area (Å²) in [6.07, 6.45) is 1.55. The molecule has 3 rings (SSSR count). The lowest BCUT2D eigenvalue weighted by Gasteiger charge is -2.48. The van der Waals surface area contributed by atoms with Crippen molar-refractivity contribution in [3.8, 4) is 0 Å². The number of carboxylic acid groups (broad SMARTS) is 1. The Bertz CT molecular complexity index is 741. The van der Waals surface area contributed by atoms with E-state index in [4.69, 9.17) is 5.73 Å². The van der Waals surface area contributed by atoms with Gasteiger partial charge in [0.2, 0.25) is 5.91 Å². The number of aliphatic carboxylic acids is 1. The van der Waals surface area contributed by atoms with Crippen molar-refractivity contribution in [1.29, 1.82) is 0 Å². The van der Waals surface area contributed by atoms with Gasteiger partial charge in [-0.1, -0.05) is 24.3 Å². The number of rotatable bonds is 5. The quantitative estimate of drug-likeness (QED) is 0.590. The number of carboxylic acids is 1. The Morgan fingerprint density at radius 1 is 1.44 bits per heavy atom. The first-order valence-electron chi connectivity index (χ1n) is 7.79. The van der Waals surface area contributed by atoms with Crippen LogP contribution in [0.25, 0.3) is 0 Å². The van der Waals surface area contributed by atoms with Crippen LogP contribution in [0, 0.1) is 0 Å². The molecule has 0 aliphatic carbocycles. The second-order valence-corrected chi connectivity index (χ2v) is 7.73. The number of fused-ring (bicyclic) bond motifs is 1. The van der Waals surface area contributed by atoms with Crippen LogP contribution < -0.4 is 10.6 Å². The highest BCUT2D eigenvalue weighted by Crippen LogP contribution is 2.53. The number of anilines is 1. The SMILES string of the molecule is C=CC1(C)S[C@H]2[C@H](N(C(=O)CN)c3ccccc3)C(=O)N2C1C(=O)O. The van der Waals surface area contributed by atoms with Crippen molar-refractivity contribution in [2.45, 2.75) is 29.1 Å². The summed E-state index contributed by atoms with van der Waals surface area (Å²) in [6, 6.07) is 7.02. The molecule has 2 aliphatic rings. The Hall–Kier alpha value is -2.32. The number of carbonyl (C=O) groups excluding carboxylic acids is 2. The number of β-lactam (4-membered cyclic amide) rings is 1. The molecule has 0 saturated carbocycles. The molecule has 132 valence electrons. The average Bonchev–Trinajstić information content (AvgIpc) is 2.90. The zero-order valence-electron chi connectivity index (χ0n) is 13.7. The van der Waals surface area contributed by atoms with E-state index in [9.17, 15) is 19.5 Å². The van der Waals surface area contributed by atoms with Crippen molar-refractivity contribution < 1.29 is 19.5 Å². The van der Waals surface area contributed by atoms with Crippen LogP contribution in [-0.2, 0) is 14.4 Å². The van der Waals surface area contributed by atoms with Gasteiger partial charge in [0.05, 0.1) is 11.3 Å². The lowest BCUT2D eigenvalue weighted by molar-refractivity contribution is -0.159. The van der Waals surface area contributed by atoms with Gasteiger partial charge >= 0.3 is 5.97 Å². The molecule has 25 heavy (non-hydrogen) atoms. The molecular weight excluding hydrogens is 342 g/mol. The highest BCUT2D eigenvalue weighted by molar-refractivity contribution is 8.02. The van der Waals surface area contributed by atoms with Crippen LogP contribution in [0.4, 0.5) is 5.69 Å². The van der Waals surface area contributed by atoms with E-state index in [0.717, 1.165) is 0 Å². The first kappa shape index (κ1) is 17.5. The normalized spacial score (nSPS) is 30.4. The number of hydrogen-bond acceptors (Lipinski definition) is 5. The number of nitrogens with zero attached hydrogens (tertiary/aromatic N) is 2. The molecule has 2 aliphatic heterocycles. The van der Waals surface area contributed by atoms with Gasteiger partial charge in [-0.3, -0.25) is 14.5 Å². The van der Waals surface area contributed by atoms with E-state index >= 15 is 0 Å². The Morgan fingerprint density at radius 2 is 2.08 bits per heavy atom. The maximum absolute atomic E-state index is 12.8. The molecule has 8 heteroatoms. The first-order chi connectivity index (χ1) is 11.9. The molecule has 1 aromatic carbocycles. The Morgan fingerprint density at radius 3 is 2.60 bits per heavy atom. The molecule has 1 aromatic rings. The maximum Gasteiger partial charge on any atom is 0.328 e. The van der Waals surface area contributed by atoms with Crippen LogP contribution in [0.1, 0.15) is 6.92 Å². The number of carbonyl (C=O) groups is 3. The monoisotopic (exact) mass is 361 g/mol. The van der Waals surface area contributed by atoms with Crippen LogP contribution in [0.3, 0.4) is 0 Å². The number of thioether (sulfide) groups is 1. The summed E-state index contributed by atoms with van der Waals surface area (Å²) in [5, 5.41) is 9.11. The zero-order chi connectivity index (χ0) is 18.4. The fraction of sp³-hybridized carbons (Fsp3) is 0.353. The number of amides is 2. The van der Waals surface area contributed by atoms with Gasteiger partial charge in [-0.25, -0.2) is 4.79 Å². The number of benzene rings is 1. The van der Waals surface area contributed by atoms with Crippen molar-refractivity contribution in [1.82, 2.24) is 4.90 Å². The molecule has 2 fully saturated rings. The van der Waals surface area contributed by atoms with Crippen molar-refractivity contribution in [3.63, 3.8) is 0 Å². The van der Waals surface area contributed by atoms with Crippen molar-refractivity contribution in [2.75, 3.05) is 11.4 Å². The van der Waals surface area contributed by atoms with Crippen LogP contribution in [0.2, 0.25) is 0 Å². The molecule has 2 amide bonds. The second-order valence-electron chi connectivity index (χ2n) is 6.13. The average molecular weight is 361 g/mol. The molecule has 7 nitrogen and oxygen atoms in total. The van der Waals surface area contributed by atoms with Gasteiger partial charge in [0.15, 0.2) is 0 Å². The minimum atomic E-state index is -1.08. The summed E-state index contributed by atoms with van der Waals surface area (Å²) in [5.41, 5.74) is 6.10. The Balaban J connectivity index is 1.99. The Labute approximate surface area is 149 Å². The lowest BCUT2D eigenvalue weighted by Crippen LogP contribution is -2.72. The lowest BCUT2D eigenvalue weighted by atomic mass is 9.93. The van der Waals surface area contributed by atoms with E-state index in [1.807, 2.05) is 6.07 Å². The van der Waals surface area contributed by atoms with E-state index in [-0.39, 0.29) is 18.4 Å². The van der Waals surface area contributed by atoms with Gasteiger partial charge in [-0.2, -0.15) is 0 Å². The van der Waals surface area contributed by atoms with Crippen LogP contribution in [0.15, 0.2) is 43.0 Å². The van der Waals surface area contributed by atoms with Crippen molar-refractivity contribution in [2.24, 2.45) is 5.73 Å². The highest BCUT2D eigenvalue weighted by Gasteiger charge is 2.66. The maximum atomic E-state index is 12.8. The van der Waals surface area contributed by atoms with E-state index in [1.54, 1.807) is 37.3 Å². The summed E-state index contributed by atoms with van der Waals surface area (Å²) in [6.45, 7) is 5.23. The number of para-hydroxylation sites is 1. The van der Waals surface area contributed by atoms with Gasteiger partial charge in [-0.05, 0) is 19.1 Å². The molecule has 0 bridgehead atoms. The summed E-state index contributed by atoms with van der Waals surface area (Å²) in [5.74, 6) is -1.86. The van der Waals surface area contributed by atoms with Gasteiger partial charge in [-0.15, -0.1) is 18.3 Å². The third kappa shape index (κ3) is 2.52. The third-order valence-corrected chi connectivity index (χ3v) is 6.27. The molecule has 2 unspecified atom stereocenters. The molecule has 3 N–H and O–H groups in total. The van der Waals surface area contributed by atoms with Crippen LogP contribution in [-0.4, -0.2) is 56.5 Å². The topological polar surface area (TPSA) is 104 Å². The smallest absolute Gasteiger partial charge is 0.328 e. The fourth-order valence-electron chi connectivity index (χ4n) is 3.37. The van der Waals surface area contributed by atoms with Gasteiger partial charge in [0, 0.05) is 5.69 Å². The highest BCUT2D eigenvalue weighted by atomic mass is 32.2. The van der Waals surface area contributed by atoms with E-state index < -0.39 is 28.2 Å². The predicted molar refractivity (Wildman–Crippen MR) is 95.0 cm³/mol. The van der Waals surface area contributed by atoms with Crippen LogP contribution >= 0.6 is 11.8 Å². The second kappa shape index (κ2) is 6.20. The fourth-order valence-corrected chi connectivity index (χ4v) is 5.04. The predicted octanol–water partition coefficient (Wildman–Crippen LogP) is 0.660. The molecule has 0 aromatic heterocycles. The summed E-state index contributed by atoms with van der Waals surface area (Å²) in [4.78, 5) is 39.6. The largest absolute Gasteiger partial charge is 0.480 e. The van der Waals surface area contributed by atoms with Gasteiger partial charge < -0.3 is 15.7 Å². The van der Waals surface area contributed by atoms with E-state index in [1.165, 1.54) is 21.6 Å². The summed E-state index contributed by atoms with van der Waals surface area (Å²) in [7, 11) is 0. The van der Waals surface area contributed by atoms with Crippen molar-refractivity contribution in [3.05, 3.63) is 43.0 Å². The molecule has 4 atom stereocenters. The molecule has 2 heterocycles. The van der Waals surface area contributed by atoms with Crippen molar-refractivity contribution >= 4 is 35.2 Å². The van der Waals surface area contributed by atoms with Gasteiger partial charge in [0.25, 0.3) is 5.91 Å². The summed E-state index contributed by atoms with van der Waals surface area (Å²) >= 11 is 1.33. The Kier molecular flexibility index (Phi) is 4.34. The van der Waals surface area contributed by atoms with Crippen LogP contribution in [0.5, 0.6) is 0 Å². The number of hydrogen-bond donors (Lipinski definition) is 2. The molecule has 0 radical (unpaired) electrons.